The summed E-state index contributed by atoms with van der Waals surface area (Å²) in [5.74, 6) is 0. The molecule has 0 spiro atoms. The largest absolute Gasteiger partial charge is 0.309 e. The SMILES string of the molecule is [C-]#[N+]c1ccc(-n2c3ccc(C#N)cc3c3cc([N+]#[C-])ccc32)c(-c2ccccc2[Si](c2ccccc2)(c2ccccc2)c2ccccc2)c1. The van der Waals surface area contributed by atoms with Crippen LogP contribution in [0.1, 0.15) is 5.56 Å². The number of hydrogen-bond donors (Lipinski definition) is 0. The molecule has 7 aromatic carbocycles. The normalized spacial score (nSPS) is 11.1. The van der Waals surface area contributed by atoms with Crippen molar-refractivity contribution in [2.45, 2.75) is 0 Å². The molecule has 0 atom stereocenters. The molecule has 0 aliphatic heterocycles. The third-order valence-electron chi connectivity index (χ3n) is 9.60. The maximum Gasteiger partial charge on any atom is 0.188 e. The summed E-state index contributed by atoms with van der Waals surface area (Å²) in [5.41, 5.74) is 6.40. The molecule has 1 aromatic heterocycles. The van der Waals surface area contributed by atoms with Gasteiger partial charge in [0.25, 0.3) is 0 Å². The molecule has 0 N–H and O–H groups in total. The smallest absolute Gasteiger partial charge is 0.188 e. The Labute approximate surface area is 292 Å². The van der Waals surface area contributed by atoms with Crippen molar-refractivity contribution in [2.24, 2.45) is 0 Å². The van der Waals surface area contributed by atoms with Crippen molar-refractivity contribution in [3.63, 3.8) is 0 Å². The molecular formula is C45H28N4Si. The number of aromatic nitrogens is 1. The maximum atomic E-state index is 9.80. The lowest BCUT2D eigenvalue weighted by atomic mass is 10.0. The summed E-state index contributed by atoms with van der Waals surface area (Å²) < 4.78 is 2.22. The van der Waals surface area contributed by atoms with Crippen molar-refractivity contribution < 1.29 is 0 Å². The lowest BCUT2D eigenvalue weighted by molar-refractivity contribution is 1.18. The first-order valence-electron chi connectivity index (χ1n) is 16.3. The molecule has 1 heterocycles. The highest BCUT2D eigenvalue weighted by Gasteiger charge is 2.43. The molecular weight excluding hydrogens is 625 g/mol. The zero-order valence-corrected chi connectivity index (χ0v) is 28.0. The third-order valence-corrected chi connectivity index (χ3v) is 14.4. The molecule has 0 bridgehead atoms. The van der Waals surface area contributed by atoms with E-state index in [1.807, 2.05) is 54.6 Å². The summed E-state index contributed by atoms with van der Waals surface area (Å²) in [6, 6.07) is 60.9. The summed E-state index contributed by atoms with van der Waals surface area (Å²) in [6.07, 6.45) is 0. The summed E-state index contributed by atoms with van der Waals surface area (Å²) in [4.78, 5) is 7.61. The highest BCUT2D eigenvalue weighted by molar-refractivity contribution is 7.20. The number of fused-ring (bicyclic) bond motifs is 3. The zero-order valence-electron chi connectivity index (χ0n) is 27.0. The van der Waals surface area contributed by atoms with Crippen LogP contribution in [0, 0.1) is 24.5 Å². The van der Waals surface area contributed by atoms with Gasteiger partial charge in [-0.05, 0) is 79.7 Å². The number of benzene rings is 7. The predicted octanol–water partition coefficient (Wildman–Crippen LogP) is 8.80. The molecule has 50 heavy (non-hydrogen) atoms. The van der Waals surface area contributed by atoms with E-state index in [1.165, 1.54) is 20.7 Å². The first-order valence-corrected chi connectivity index (χ1v) is 18.3. The maximum absolute atomic E-state index is 9.80. The van der Waals surface area contributed by atoms with Gasteiger partial charge in [-0.3, -0.25) is 0 Å². The Morgan fingerprint density at radius 1 is 0.500 bits per heavy atom. The minimum absolute atomic E-state index is 0.539. The van der Waals surface area contributed by atoms with Crippen LogP contribution < -0.4 is 20.7 Å². The molecule has 0 aliphatic carbocycles. The van der Waals surface area contributed by atoms with Gasteiger partial charge in [0.2, 0.25) is 0 Å². The van der Waals surface area contributed by atoms with Crippen LogP contribution in [0.3, 0.4) is 0 Å². The number of nitriles is 1. The van der Waals surface area contributed by atoms with Crippen LogP contribution in [0.4, 0.5) is 11.4 Å². The second kappa shape index (κ2) is 12.6. The van der Waals surface area contributed by atoms with Gasteiger partial charge in [0.15, 0.2) is 19.4 Å². The Kier molecular flexibility index (Phi) is 7.63. The molecule has 5 heteroatoms. The van der Waals surface area contributed by atoms with E-state index in [2.05, 4.69) is 136 Å². The Balaban J connectivity index is 1.52. The Morgan fingerprint density at radius 3 is 1.58 bits per heavy atom. The fourth-order valence-corrected chi connectivity index (χ4v) is 12.5. The summed E-state index contributed by atoms with van der Waals surface area (Å²) in [6.45, 7) is 15.8. The molecule has 232 valence electrons. The molecule has 0 fully saturated rings. The Bertz CT molecular complexity index is 2510. The molecule has 4 nitrogen and oxygen atoms in total. The molecule has 0 amide bonds. The fourth-order valence-electron chi connectivity index (χ4n) is 7.49. The average Bonchev–Trinajstić information content (AvgIpc) is 3.52. The van der Waals surface area contributed by atoms with E-state index in [0.29, 0.717) is 16.9 Å². The van der Waals surface area contributed by atoms with Gasteiger partial charge in [0.05, 0.1) is 41.5 Å². The van der Waals surface area contributed by atoms with Crippen LogP contribution in [0.25, 0.3) is 48.3 Å². The average molecular weight is 653 g/mol. The predicted molar refractivity (Wildman–Crippen MR) is 207 cm³/mol. The van der Waals surface area contributed by atoms with Crippen molar-refractivity contribution in [2.75, 3.05) is 0 Å². The van der Waals surface area contributed by atoms with Crippen molar-refractivity contribution in [1.29, 1.82) is 5.26 Å². The van der Waals surface area contributed by atoms with Crippen molar-refractivity contribution in [3.05, 3.63) is 198 Å². The molecule has 0 aliphatic rings. The van der Waals surface area contributed by atoms with E-state index in [0.717, 1.165) is 38.6 Å². The van der Waals surface area contributed by atoms with Gasteiger partial charge in [0.1, 0.15) is 0 Å². The number of hydrogen-bond acceptors (Lipinski definition) is 1. The van der Waals surface area contributed by atoms with Crippen molar-refractivity contribution in [1.82, 2.24) is 4.57 Å². The lowest BCUT2D eigenvalue weighted by Gasteiger charge is -2.36. The molecule has 0 unspecified atom stereocenters. The summed E-state index contributed by atoms with van der Waals surface area (Å²) >= 11 is 0. The van der Waals surface area contributed by atoms with E-state index < -0.39 is 8.07 Å². The van der Waals surface area contributed by atoms with Gasteiger partial charge in [-0.2, -0.15) is 5.26 Å². The summed E-state index contributed by atoms with van der Waals surface area (Å²) in [7, 11) is -2.95. The second-order valence-corrected chi connectivity index (χ2v) is 16.0. The highest BCUT2D eigenvalue weighted by atomic mass is 28.3. The highest BCUT2D eigenvalue weighted by Crippen LogP contribution is 2.39. The van der Waals surface area contributed by atoms with E-state index in [-0.39, 0.29) is 0 Å². The zero-order chi connectivity index (χ0) is 34.1. The van der Waals surface area contributed by atoms with E-state index in [9.17, 15) is 5.26 Å². The molecule has 0 saturated carbocycles. The Hall–Kier alpha value is -6.97. The standard InChI is InChI=1S/C45H28N4Si/c1-47-33-23-26-43(49-42-25-22-32(31-46)28-39(42)41-30-34(48-2)24-27-44(41)49)40(29-33)38-20-12-13-21-45(38)50(35-14-6-3-7-15-35,36-16-8-4-9-17-36)37-18-10-5-11-19-37/h3-30H. The van der Waals surface area contributed by atoms with Gasteiger partial charge in [-0.15, -0.1) is 0 Å². The van der Waals surface area contributed by atoms with Crippen LogP contribution >= 0.6 is 0 Å². The molecule has 8 rings (SSSR count). The van der Waals surface area contributed by atoms with Crippen LogP contribution in [0.2, 0.25) is 0 Å². The van der Waals surface area contributed by atoms with Gasteiger partial charge in [-0.25, -0.2) is 9.69 Å². The van der Waals surface area contributed by atoms with E-state index in [4.69, 9.17) is 13.1 Å². The lowest BCUT2D eigenvalue weighted by Crippen LogP contribution is -2.75. The van der Waals surface area contributed by atoms with Crippen LogP contribution in [-0.2, 0) is 0 Å². The van der Waals surface area contributed by atoms with Crippen LogP contribution in [-0.4, -0.2) is 12.6 Å². The van der Waals surface area contributed by atoms with Crippen LogP contribution in [0.15, 0.2) is 170 Å². The van der Waals surface area contributed by atoms with E-state index in [1.54, 1.807) is 0 Å². The monoisotopic (exact) mass is 652 g/mol. The molecule has 0 radical (unpaired) electrons. The van der Waals surface area contributed by atoms with Gasteiger partial charge in [-0.1, -0.05) is 127 Å². The molecule has 0 saturated heterocycles. The minimum Gasteiger partial charge on any atom is -0.309 e. The molecule has 8 aromatic rings. The Morgan fingerprint density at radius 2 is 1.00 bits per heavy atom. The van der Waals surface area contributed by atoms with Crippen LogP contribution in [0.5, 0.6) is 0 Å². The van der Waals surface area contributed by atoms with Gasteiger partial charge >= 0.3 is 0 Å². The first kappa shape index (κ1) is 30.4. The third kappa shape index (κ3) is 4.80. The van der Waals surface area contributed by atoms with Gasteiger partial charge in [0, 0.05) is 5.39 Å². The number of nitrogens with zero attached hydrogens (tertiary/aromatic N) is 4. The van der Waals surface area contributed by atoms with E-state index >= 15 is 0 Å². The number of rotatable bonds is 6. The van der Waals surface area contributed by atoms with Crippen molar-refractivity contribution in [3.8, 4) is 22.9 Å². The summed E-state index contributed by atoms with van der Waals surface area (Å²) in [5, 5.41) is 16.6. The van der Waals surface area contributed by atoms with Gasteiger partial charge < -0.3 is 4.57 Å². The second-order valence-electron chi connectivity index (χ2n) is 12.2. The van der Waals surface area contributed by atoms with Crippen molar-refractivity contribution >= 4 is 62.0 Å². The first-order chi connectivity index (χ1) is 24.7. The topological polar surface area (TPSA) is 37.4 Å². The fraction of sp³-hybridized carbons (Fsp3) is 0. The quantitative estimate of drug-likeness (QED) is 0.101. The minimum atomic E-state index is -2.95.